The molecule has 4 nitrogen and oxygen atoms in total. The molecule has 0 bridgehead atoms. The molecule has 0 radical (unpaired) electrons. The Hall–Kier alpha value is -0.515. The summed E-state index contributed by atoms with van der Waals surface area (Å²) in [4.78, 5) is 2.30. The predicted octanol–water partition coefficient (Wildman–Crippen LogP) is 2.06. The summed E-state index contributed by atoms with van der Waals surface area (Å²) in [7, 11) is -0.578. The van der Waals surface area contributed by atoms with Crippen LogP contribution < -0.4 is 0 Å². The van der Waals surface area contributed by atoms with E-state index < -0.39 is 7.32 Å². The highest BCUT2D eigenvalue weighted by Gasteiger charge is 2.35. The first-order valence-corrected chi connectivity index (χ1v) is 6.34. The SMILES string of the molecule is CCN(CC)CCOB1OC(C)=CC(C)(C)O1. The topological polar surface area (TPSA) is 30.9 Å². The monoisotopic (exact) mass is 241 g/mol. The summed E-state index contributed by atoms with van der Waals surface area (Å²) in [5.74, 6) is 0.856. The summed E-state index contributed by atoms with van der Waals surface area (Å²) >= 11 is 0. The van der Waals surface area contributed by atoms with Gasteiger partial charge in [0, 0.05) is 13.2 Å². The van der Waals surface area contributed by atoms with Crippen LogP contribution in [0.2, 0.25) is 0 Å². The van der Waals surface area contributed by atoms with E-state index in [0.717, 1.165) is 25.4 Å². The summed E-state index contributed by atoms with van der Waals surface area (Å²) in [5.41, 5.74) is -0.317. The van der Waals surface area contributed by atoms with Crippen molar-refractivity contribution in [3.63, 3.8) is 0 Å². The van der Waals surface area contributed by atoms with Crippen LogP contribution in [0.25, 0.3) is 0 Å². The predicted molar refractivity (Wildman–Crippen MR) is 69.5 cm³/mol. The fraction of sp³-hybridized carbons (Fsp3) is 0.833. The molecular weight excluding hydrogens is 217 g/mol. The summed E-state index contributed by atoms with van der Waals surface area (Å²) < 4.78 is 16.7. The van der Waals surface area contributed by atoms with E-state index in [4.69, 9.17) is 14.0 Å². The lowest BCUT2D eigenvalue weighted by Gasteiger charge is -2.31. The van der Waals surface area contributed by atoms with E-state index >= 15 is 0 Å². The Balaban J connectivity index is 2.31. The maximum atomic E-state index is 5.65. The van der Waals surface area contributed by atoms with Gasteiger partial charge in [0.2, 0.25) is 0 Å². The Labute approximate surface area is 105 Å². The zero-order valence-corrected chi connectivity index (χ0v) is 11.7. The summed E-state index contributed by atoms with van der Waals surface area (Å²) in [6, 6.07) is 0. The van der Waals surface area contributed by atoms with Crippen LogP contribution >= 0.6 is 0 Å². The van der Waals surface area contributed by atoms with E-state index in [2.05, 4.69) is 18.7 Å². The minimum Gasteiger partial charge on any atom is -0.516 e. The number of allylic oxidation sites excluding steroid dienone is 1. The second-order valence-corrected chi connectivity index (χ2v) is 4.78. The van der Waals surface area contributed by atoms with Crippen LogP contribution in [0.1, 0.15) is 34.6 Å². The van der Waals surface area contributed by atoms with Crippen molar-refractivity contribution >= 4 is 7.32 Å². The van der Waals surface area contributed by atoms with Crippen LogP contribution in [-0.4, -0.2) is 44.1 Å². The second-order valence-electron chi connectivity index (χ2n) is 4.78. The van der Waals surface area contributed by atoms with Crippen LogP contribution in [0.15, 0.2) is 11.8 Å². The Bertz CT molecular complexity index is 264. The molecule has 98 valence electrons. The maximum absolute atomic E-state index is 5.65. The molecule has 0 aromatic carbocycles. The zero-order chi connectivity index (χ0) is 12.9. The van der Waals surface area contributed by atoms with Gasteiger partial charge in [0.15, 0.2) is 0 Å². The van der Waals surface area contributed by atoms with Gasteiger partial charge in [-0.1, -0.05) is 13.8 Å². The molecular formula is C12H24BNO3. The fourth-order valence-corrected chi connectivity index (χ4v) is 1.87. The molecule has 0 amide bonds. The largest absolute Gasteiger partial charge is 0.713 e. The maximum Gasteiger partial charge on any atom is 0.713 e. The quantitative estimate of drug-likeness (QED) is 0.666. The first-order chi connectivity index (χ1) is 7.96. The third-order valence-electron chi connectivity index (χ3n) is 2.79. The van der Waals surface area contributed by atoms with Gasteiger partial charge in [-0.2, -0.15) is 0 Å². The lowest BCUT2D eigenvalue weighted by Crippen LogP contribution is -2.41. The van der Waals surface area contributed by atoms with Crippen molar-refractivity contribution in [1.82, 2.24) is 4.90 Å². The van der Waals surface area contributed by atoms with Gasteiger partial charge in [-0.25, -0.2) is 0 Å². The Morgan fingerprint density at radius 3 is 2.53 bits per heavy atom. The number of hydrogen-bond acceptors (Lipinski definition) is 4. The standard InChI is InChI=1S/C12H24BNO3/c1-6-14(7-2)8-9-15-13-16-11(3)10-12(4,5)17-13/h10H,6-9H2,1-5H3. The van der Waals surface area contributed by atoms with E-state index in [1.807, 2.05) is 26.8 Å². The molecule has 1 aliphatic heterocycles. The van der Waals surface area contributed by atoms with Crippen molar-refractivity contribution in [2.45, 2.75) is 40.2 Å². The van der Waals surface area contributed by atoms with Crippen LogP contribution in [0, 0.1) is 0 Å². The zero-order valence-electron chi connectivity index (χ0n) is 11.7. The van der Waals surface area contributed by atoms with Gasteiger partial charge in [-0.05, 0) is 39.9 Å². The normalized spacial score (nSPS) is 19.2. The lowest BCUT2D eigenvalue weighted by atomic mass is 10.0. The van der Waals surface area contributed by atoms with E-state index in [-0.39, 0.29) is 5.60 Å². The minimum atomic E-state index is -0.578. The van der Waals surface area contributed by atoms with E-state index in [1.54, 1.807) is 0 Å². The first kappa shape index (κ1) is 14.5. The first-order valence-electron chi connectivity index (χ1n) is 6.34. The molecule has 0 atom stereocenters. The van der Waals surface area contributed by atoms with Gasteiger partial charge in [-0.3, -0.25) is 0 Å². The second kappa shape index (κ2) is 6.43. The molecule has 0 saturated carbocycles. The van der Waals surface area contributed by atoms with Gasteiger partial charge in [0.05, 0.1) is 11.4 Å². The van der Waals surface area contributed by atoms with Crippen molar-refractivity contribution in [3.8, 4) is 0 Å². The highest BCUT2D eigenvalue weighted by atomic mass is 16.7. The molecule has 0 fully saturated rings. The van der Waals surface area contributed by atoms with Crippen molar-refractivity contribution < 1.29 is 14.0 Å². The number of rotatable bonds is 6. The van der Waals surface area contributed by atoms with Crippen molar-refractivity contribution in [2.24, 2.45) is 0 Å². The van der Waals surface area contributed by atoms with Crippen LogP contribution in [0.4, 0.5) is 0 Å². The average molecular weight is 241 g/mol. The van der Waals surface area contributed by atoms with E-state index in [0.29, 0.717) is 6.61 Å². The summed E-state index contributed by atoms with van der Waals surface area (Å²) in [5, 5.41) is 0. The molecule has 0 aliphatic carbocycles. The molecule has 0 unspecified atom stereocenters. The third-order valence-corrected chi connectivity index (χ3v) is 2.79. The highest BCUT2D eigenvalue weighted by molar-refractivity contribution is 6.37. The van der Waals surface area contributed by atoms with Crippen molar-refractivity contribution in [3.05, 3.63) is 11.8 Å². The highest BCUT2D eigenvalue weighted by Crippen LogP contribution is 2.22. The smallest absolute Gasteiger partial charge is 0.516 e. The number of nitrogens with zero attached hydrogens (tertiary/aromatic N) is 1. The Morgan fingerprint density at radius 2 is 2.00 bits per heavy atom. The third kappa shape index (κ3) is 5.11. The van der Waals surface area contributed by atoms with Crippen LogP contribution in [0.3, 0.4) is 0 Å². The van der Waals surface area contributed by atoms with Crippen molar-refractivity contribution in [1.29, 1.82) is 0 Å². The average Bonchev–Trinajstić information content (AvgIpc) is 2.21. The molecule has 1 heterocycles. The molecule has 0 saturated heterocycles. The van der Waals surface area contributed by atoms with E-state index in [1.165, 1.54) is 0 Å². The molecule has 17 heavy (non-hydrogen) atoms. The summed E-state index contributed by atoms with van der Waals surface area (Å²) in [6.45, 7) is 13.8. The fourth-order valence-electron chi connectivity index (χ4n) is 1.87. The Morgan fingerprint density at radius 1 is 1.35 bits per heavy atom. The summed E-state index contributed by atoms with van der Waals surface area (Å²) in [6.07, 6.45) is 1.96. The lowest BCUT2D eigenvalue weighted by molar-refractivity contribution is 0.0290. The van der Waals surface area contributed by atoms with Crippen LogP contribution in [-0.2, 0) is 14.0 Å². The minimum absolute atomic E-state index is 0.317. The van der Waals surface area contributed by atoms with Gasteiger partial charge < -0.3 is 18.9 Å². The number of hydrogen-bond donors (Lipinski definition) is 0. The molecule has 1 aliphatic rings. The van der Waals surface area contributed by atoms with Gasteiger partial charge in [0.1, 0.15) is 0 Å². The van der Waals surface area contributed by atoms with E-state index in [9.17, 15) is 0 Å². The molecule has 1 rings (SSSR count). The molecule has 0 spiro atoms. The van der Waals surface area contributed by atoms with Gasteiger partial charge in [0.25, 0.3) is 0 Å². The number of likely N-dealkylation sites (N-methyl/N-ethyl adjacent to an activating group) is 1. The molecule has 0 aromatic rings. The Kier molecular flexibility index (Phi) is 5.50. The molecule has 5 heteroatoms. The van der Waals surface area contributed by atoms with Gasteiger partial charge in [-0.15, -0.1) is 0 Å². The molecule has 0 aromatic heterocycles. The van der Waals surface area contributed by atoms with Crippen LogP contribution in [0.5, 0.6) is 0 Å². The molecule has 0 N–H and O–H groups in total. The van der Waals surface area contributed by atoms with Crippen molar-refractivity contribution in [2.75, 3.05) is 26.2 Å². The van der Waals surface area contributed by atoms with Gasteiger partial charge >= 0.3 is 7.32 Å².